The molecule has 1 rings (SSSR count). The van der Waals surface area contributed by atoms with E-state index in [0.29, 0.717) is 23.0 Å². The molecule has 1 aromatic rings. The summed E-state index contributed by atoms with van der Waals surface area (Å²) < 4.78 is 0. The van der Waals surface area contributed by atoms with E-state index in [1.54, 1.807) is 6.07 Å². The first-order valence-electron chi connectivity index (χ1n) is 3.76. The normalized spacial score (nSPS) is 9.21. The van der Waals surface area contributed by atoms with Crippen LogP contribution < -0.4 is 5.32 Å². The maximum atomic E-state index is 8.66. The quantitative estimate of drug-likeness (QED) is 0.809. The molecule has 0 aliphatic carbocycles. The number of hydrogen-bond acceptors (Lipinski definition) is 3. The van der Waals surface area contributed by atoms with Gasteiger partial charge in [0.2, 0.25) is 0 Å². The van der Waals surface area contributed by atoms with Crippen molar-refractivity contribution < 1.29 is 0 Å². The van der Waals surface area contributed by atoms with Gasteiger partial charge in [-0.05, 0) is 12.1 Å². The van der Waals surface area contributed by atoms with Crippen LogP contribution in [0.2, 0.25) is 5.15 Å². The minimum Gasteiger partial charge on any atom is -0.365 e. The second-order valence-corrected chi connectivity index (χ2v) is 3.47. The zero-order chi connectivity index (χ0) is 10.6. The molecule has 0 aliphatic rings. The minimum absolute atomic E-state index is 0.270. The van der Waals surface area contributed by atoms with Gasteiger partial charge in [0.15, 0.2) is 0 Å². The Labute approximate surface area is 92.0 Å². The Morgan fingerprint density at radius 2 is 2.36 bits per heavy atom. The molecule has 3 nitrogen and oxygen atoms in total. The number of nitrogens with one attached hydrogen (secondary N) is 1. The molecule has 0 atom stereocenters. The van der Waals surface area contributed by atoms with E-state index in [1.807, 2.05) is 6.07 Å². The summed E-state index contributed by atoms with van der Waals surface area (Å²) in [6, 6.07) is 5.05. The number of nitriles is 1. The average molecular weight is 228 g/mol. The van der Waals surface area contributed by atoms with Crippen molar-refractivity contribution in [3.63, 3.8) is 0 Å². The van der Waals surface area contributed by atoms with Crippen LogP contribution in [0, 0.1) is 11.3 Å². The summed E-state index contributed by atoms with van der Waals surface area (Å²) in [4.78, 5) is 3.96. The maximum Gasteiger partial charge on any atom is 0.132 e. The van der Waals surface area contributed by atoms with Crippen LogP contribution in [0.25, 0.3) is 0 Å². The van der Waals surface area contributed by atoms with E-state index in [1.165, 1.54) is 6.07 Å². The molecule has 72 valence electrons. The molecule has 1 heterocycles. The van der Waals surface area contributed by atoms with Crippen molar-refractivity contribution in [1.82, 2.24) is 4.98 Å². The van der Waals surface area contributed by atoms with Crippen LogP contribution in [0.15, 0.2) is 23.7 Å². The number of hydrogen-bond donors (Lipinski definition) is 1. The third-order valence-corrected chi connectivity index (χ3v) is 1.71. The Hall–Kier alpha value is -1.24. The van der Waals surface area contributed by atoms with Gasteiger partial charge in [-0.3, -0.25) is 0 Å². The van der Waals surface area contributed by atoms with Crippen LogP contribution in [-0.2, 0) is 0 Å². The Kier molecular flexibility index (Phi) is 3.75. The highest BCUT2D eigenvalue weighted by Crippen LogP contribution is 2.14. The fourth-order valence-electron chi connectivity index (χ4n) is 0.838. The van der Waals surface area contributed by atoms with Gasteiger partial charge in [-0.25, -0.2) is 4.98 Å². The van der Waals surface area contributed by atoms with Gasteiger partial charge < -0.3 is 5.32 Å². The highest BCUT2D eigenvalue weighted by molar-refractivity contribution is 6.30. The summed E-state index contributed by atoms with van der Waals surface area (Å²) in [7, 11) is 0. The Morgan fingerprint density at radius 1 is 1.64 bits per heavy atom. The second kappa shape index (κ2) is 4.85. The summed E-state index contributed by atoms with van der Waals surface area (Å²) >= 11 is 11.2. The molecule has 0 amide bonds. The van der Waals surface area contributed by atoms with Gasteiger partial charge in [0.25, 0.3) is 0 Å². The van der Waals surface area contributed by atoms with E-state index >= 15 is 0 Å². The Morgan fingerprint density at radius 3 is 2.93 bits per heavy atom. The highest BCUT2D eigenvalue weighted by atomic mass is 35.5. The summed E-state index contributed by atoms with van der Waals surface area (Å²) in [5, 5.41) is 12.3. The van der Waals surface area contributed by atoms with E-state index in [9.17, 15) is 0 Å². The fraction of sp³-hybridized carbons (Fsp3) is 0.111. The van der Waals surface area contributed by atoms with Crippen LogP contribution in [0.4, 0.5) is 5.82 Å². The lowest BCUT2D eigenvalue weighted by atomic mass is 10.3. The van der Waals surface area contributed by atoms with E-state index in [2.05, 4.69) is 16.9 Å². The van der Waals surface area contributed by atoms with Crippen LogP contribution in [0.1, 0.15) is 5.56 Å². The molecule has 0 radical (unpaired) electrons. The Balaban J connectivity index is 2.82. The van der Waals surface area contributed by atoms with Gasteiger partial charge in [-0.2, -0.15) is 5.26 Å². The van der Waals surface area contributed by atoms with Gasteiger partial charge >= 0.3 is 0 Å². The van der Waals surface area contributed by atoms with Crippen LogP contribution >= 0.6 is 23.2 Å². The predicted octanol–water partition coefficient (Wildman–Crippen LogP) is 2.77. The second-order valence-electron chi connectivity index (χ2n) is 2.55. The van der Waals surface area contributed by atoms with Gasteiger partial charge in [0.1, 0.15) is 11.0 Å². The maximum absolute atomic E-state index is 8.66. The van der Waals surface area contributed by atoms with E-state index in [4.69, 9.17) is 28.5 Å². The fourth-order valence-corrected chi connectivity index (χ4v) is 1.11. The summed E-state index contributed by atoms with van der Waals surface area (Å²) in [5.41, 5.74) is 0.452. The zero-order valence-electron chi connectivity index (χ0n) is 7.22. The molecule has 0 aliphatic heterocycles. The van der Waals surface area contributed by atoms with Crippen molar-refractivity contribution in [1.29, 1.82) is 5.26 Å². The molecule has 0 fully saturated rings. The molecule has 0 aromatic carbocycles. The van der Waals surface area contributed by atoms with Crippen molar-refractivity contribution in [2.24, 2.45) is 0 Å². The third kappa shape index (κ3) is 3.25. The highest BCUT2D eigenvalue weighted by Gasteiger charge is 2.00. The third-order valence-electron chi connectivity index (χ3n) is 1.38. The molecule has 5 heteroatoms. The van der Waals surface area contributed by atoms with Crippen LogP contribution in [0.5, 0.6) is 0 Å². The summed E-state index contributed by atoms with van der Waals surface area (Å²) in [6.45, 7) is 3.90. The smallest absolute Gasteiger partial charge is 0.132 e. The monoisotopic (exact) mass is 227 g/mol. The van der Waals surface area contributed by atoms with Crippen molar-refractivity contribution >= 4 is 29.0 Å². The van der Waals surface area contributed by atoms with Gasteiger partial charge in [0, 0.05) is 5.03 Å². The molecule has 14 heavy (non-hydrogen) atoms. The standard InChI is InChI=1S/C9H7Cl2N3/c1-6(10)5-13-9-3-7(4-12)2-8(11)14-9/h2-3H,1,5H2,(H,13,14). The van der Waals surface area contributed by atoms with Gasteiger partial charge in [0.05, 0.1) is 18.2 Å². The van der Waals surface area contributed by atoms with Crippen molar-refractivity contribution in [2.45, 2.75) is 0 Å². The molecule has 0 unspecified atom stereocenters. The number of aromatic nitrogens is 1. The van der Waals surface area contributed by atoms with Gasteiger partial charge in [-0.15, -0.1) is 0 Å². The number of rotatable bonds is 3. The number of anilines is 1. The minimum atomic E-state index is 0.270. The van der Waals surface area contributed by atoms with E-state index < -0.39 is 0 Å². The van der Waals surface area contributed by atoms with Gasteiger partial charge in [-0.1, -0.05) is 29.8 Å². The molecule has 0 bridgehead atoms. The SMILES string of the molecule is C=C(Cl)CNc1cc(C#N)cc(Cl)n1. The van der Waals surface area contributed by atoms with Crippen molar-refractivity contribution in [3.8, 4) is 6.07 Å². The zero-order valence-corrected chi connectivity index (χ0v) is 8.73. The number of pyridine rings is 1. The van der Waals surface area contributed by atoms with Crippen LogP contribution in [-0.4, -0.2) is 11.5 Å². The van der Waals surface area contributed by atoms with E-state index in [0.717, 1.165) is 0 Å². The molecule has 0 saturated carbocycles. The predicted molar refractivity (Wildman–Crippen MR) is 57.4 cm³/mol. The molecule has 0 saturated heterocycles. The first-order chi connectivity index (χ1) is 6.61. The Bertz CT molecular complexity index is 396. The molecular weight excluding hydrogens is 221 g/mol. The molecule has 1 aromatic heterocycles. The first kappa shape index (κ1) is 10.8. The van der Waals surface area contributed by atoms with Crippen molar-refractivity contribution in [3.05, 3.63) is 34.5 Å². The first-order valence-corrected chi connectivity index (χ1v) is 4.52. The lowest BCUT2D eigenvalue weighted by Gasteiger charge is -2.04. The summed E-state index contributed by atoms with van der Waals surface area (Å²) in [6.07, 6.45) is 0. The lowest BCUT2D eigenvalue weighted by Crippen LogP contribution is -2.03. The molecule has 0 spiro atoms. The lowest BCUT2D eigenvalue weighted by molar-refractivity contribution is 1.21. The molecule has 1 N–H and O–H groups in total. The largest absolute Gasteiger partial charge is 0.365 e. The molecular formula is C9H7Cl2N3. The van der Waals surface area contributed by atoms with E-state index in [-0.39, 0.29) is 5.15 Å². The number of halogens is 2. The topological polar surface area (TPSA) is 48.7 Å². The summed E-state index contributed by atoms with van der Waals surface area (Å²) in [5.74, 6) is 0.510. The average Bonchev–Trinajstić information content (AvgIpc) is 2.14. The van der Waals surface area contributed by atoms with Crippen molar-refractivity contribution in [2.75, 3.05) is 11.9 Å². The van der Waals surface area contributed by atoms with Crippen LogP contribution in [0.3, 0.4) is 0 Å². The number of nitrogens with zero attached hydrogens (tertiary/aromatic N) is 2.